The fourth-order valence-electron chi connectivity index (χ4n) is 2.42. The number of hydrogen-bond acceptors (Lipinski definition) is 4. The van der Waals surface area contributed by atoms with Crippen LogP contribution in [0.15, 0.2) is 24.3 Å². The third-order valence-corrected chi connectivity index (χ3v) is 3.66. The second-order valence-corrected chi connectivity index (χ2v) is 5.13. The Bertz CT molecular complexity index is 527. The number of esters is 1. The van der Waals surface area contributed by atoms with Gasteiger partial charge >= 0.3 is 5.97 Å². The summed E-state index contributed by atoms with van der Waals surface area (Å²) in [6.07, 6.45) is 1.18. The highest BCUT2D eigenvalue weighted by Gasteiger charge is 2.28. The third kappa shape index (κ3) is 4.19. The lowest BCUT2D eigenvalue weighted by Crippen LogP contribution is -2.42. The molecule has 1 fully saturated rings. The molecule has 6 heteroatoms. The minimum absolute atomic E-state index is 0.0669. The van der Waals surface area contributed by atoms with E-state index in [0.717, 1.165) is 0 Å². The number of likely N-dealkylation sites (tertiary alicyclic amines) is 1. The zero-order chi connectivity index (χ0) is 15.9. The van der Waals surface area contributed by atoms with Crippen molar-refractivity contribution in [2.75, 3.05) is 26.3 Å². The number of carbonyl (C=O) groups excluding carboxylic acids is 2. The average molecular weight is 309 g/mol. The Labute approximate surface area is 129 Å². The smallest absolute Gasteiger partial charge is 0.309 e. The van der Waals surface area contributed by atoms with E-state index in [1.165, 1.54) is 12.1 Å². The van der Waals surface area contributed by atoms with Gasteiger partial charge in [-0.05, 0) is 31.9 Å². The molecule has 1 aliphatic heterocycles. The van der Waals surface area contributed by atoms with Crippen molar-refractivity contribution in [1.29, 1.82) is 0 Å². The molecule has 1 aromatic rings. The first-order valence-electron chi connectivity index (χ1n) is 7.43. The van der Waals surface area contributed by atoms with Crippen LogP contribution >= 0.6 is 0 Å². The van der Waals surface area contributed by atoms with Gasteiger partial charge in [0, 0.05) is 13.1 Å². The molecule has 0 N–H and O–H groups in total. The van der Waals surface area contributed by atoms with E-state index in [4.69, 9.17) is 9.47 Å². The zero-order valence-corrected chi connectivity index (χ0v) is 12.6. The molecule has 1 amide bonds. The molecule has 0 aliphatic carbocycles. The van der Waals surface area contributed by atoms with E-state index in [1.54, 1.807) is 24.0 Å². The molecule has 1 heterocycles. The van der Waals surface area contributed by atoms with Crippen LogP contribution in [0.25, 0.3) is 0 Å². The van der Waals surface area contributed by atoms with Gasteiger partial charge in [0.15, 0.2) is 18.2 Å². The molecular weight excluding hydrogens is 289 g/mol. The number of carbonyl (C=O) groups is 2. The van der Waals surface area contributed by atoms with Crippen molar-refractivity contribution in [1.82, 2.24) is 4.90 Å². The second kappa shape index (κ2) is 7.77. The number of hydrogen-bond donors (Lipinski definition) is 0. The van der Waals surface area contributed by atoms with Crippen molar-refractivity contribution in [2.45, 2.75) is 19.8 Å². The van der Waals surface area contributed by atoms with Gasteiger partial charge in [-0.1, -0.05) is 12.1 Å². The summed E-state index contributed by atoms with van der Waals surface area (Å²) in [5, 5.41) is 0. The van der Waals surface area contributed by atoms with Crippen LogP contribution in [0.4, 0.5) is 4.39 Å². The fourth-order valence-corrected chi connectivity index (χ4v) is 2.42. The maximum Gasteiger partial charge on any atom is 0.309 e. The van der Waals surface area contributed by atoms with E-state index in [0.29, 0.717) is 32.5 Å². The van der Waals surface area contributed by atoms with Gasteiger partial charge in [0.25, 0.3) is 5.91 Å². The average Bonchev–Trinajstić information content (AvgIpc) is 2.54. The van der Waals surface area contributed by atoms with E-state index in [-0.39, 0.29) is 30.2 Å². The maximum absolute atomic E-state index is 13.4. The van der Waals surface area contributed by atoms with Crippen LogP contribution in [-0.2, 0) is 14.3 Å². The molecule has 0 bridgehead atoms. The SMILES string of the molecule is CCOC(=O)C1CCN(C(=O)COc2ccccc2F)CC1. The predicted octanol–water partition coefficient (Wildman–Crippen LogP) is 2.01. The molecule has 1 aliphatic rings. The molecule has 0 radical (unpaired) electrons. The lowest BCUT2D eigenvalue weighted by molar-refractivity contribution is -0.151. The summed E-state index contributed by atoms with van der Waals surface area (Å²) >= 11 is 0. The van der Waals surface area contributed by atoms with Crippen molar-refractivity contribution in [3.8, 4) is 5.75 Å². The van der Waals surface area contributed by atoms with Crippen LogP contribution in [-0.4, -0.2) is 43.1 Å². The first-order chi connectivity index (χ1) is 10.6. The van der Waals surface area contributed by atoms with Gasteiger partial charge in [0.1, 0.15) is 0 Å². The maximum atomic E-state index is 13.4. The number of rotatable bonds is 5. The number of benzene rings is 1. The van der Waals surface area contributed by atoms with Gasteiger partial charge in [-0.15, -0.1) is 0 Å². The van der Waals surface area contributed by atoms with E-state index in [2.05, 4.69) is 0 Å². The number of piperidine rings is 1. The van der Waals surface area contributed by atoms with Crippen LogP contribution < -0.4 is 4.74 Å². The van der Waals surface area contributed by atoms with Gasteiger partial charge in [0.2, 0.25) is 0 Å². The van der Waals surface area contributed by atoms with Gasteiger partial charge in [-0.25, -0.2) is 4.39 Å². The summed E-state index contributed by atoms with van der Waals surface area (Å²) in [5.41, 5.74) is 0. The molecule has 1 aromatic carbocycles. The normalized spacial score (nSPS) is 15.5. The molecule has 1 saturated heterocycles. The van der Waals surface area contributed by atoms with Crippen molar-refractivity contribution in [2.24, 2.45) is 5.92 Å². The van der Waals surface area contributed by atoms with Gasteiger partial charge < -0.3 is 14.4 Å². The van der Waals surface area contributed by atoms with E-state index in [9.17, 15) is 14.0 Å². The quantitative estimate of drug-likeness (QED) is 0.781. The largest absolute Gasteiger partial charge is 0.481 e. The molecule has 0 aromatic heterocycles. The van der Waals surface area contributed by atoms with Gasteiger partial charge in [-0.2, -0.15) is 0 Å². The highest BCUT2D eigenvalue weighted by atomic mass is 19.1. The van der Waals surface area contributed by atoms with Crippen LogP contribution in [0, 0.1) is 11.7 Å². The molecular formula is C16H20FNO4. The molecule has 22 heavy (non-hydrogen) atoms. The molecule has 5 nitrogen and oxygen atoms in total. The molecule has 120 valence electrons. The summed E-state index contributed by atoms with van der Waals surface area (Å²) < 4.78 is 23.6. The number of amides is 1. The minimum atomic E-state index is -0.490. The van der Waals surface area contributed by atoms with Crippen molar-refractivity contribution in [3.63, 3.8) is 0 Å². The number of ether oxygens (including phenoxy) is 2. The van der Waals surface area contributed by atoms with Gasteiger partial charge in [-0.3, -0.25) is 9.59 Å². The summed E-state index contributed by atoms with van der Waals surface area (Å²) in [6, 6.07) is 5.97. The Kier molecular flexibility index (Phi) is 5.75. The lowest BCUT2D eigenvalue weighted by Gasteiger charge is -2.30. The number of halogens is 1. The van der Waals surface area contributed by atoms with E-state index in [1.807, 2.05) is 0 Å². The van der Waals surface area contributed by atoms with Crippen molar-refractivity contribution >= 4 is 11.9 Å². The highest BCUT2D eigenvalue weighted by molar-refractivity contribution is 5.78. The topological polar surface area (TPSA) is 55.8 Å². The Balaban J connectivity index is 1.78. The summed E-state index contributed by atoms with van der Waals surface area (Å²) in [6.45, 7) is 2.92. The number of nitrogens with zero attached hydrogens (tertiary/aromatic N) is 1. The van der Waals surface area contributed by atoms with Crippen LogP contribution in [0.1, 0.15) is 19.8 Å². The Morgan fingerprint density at radius 1 is 1.27 bits per heavy atom. The summed E-state index contributed by atoms with van der Waals surface area (Å²) in [7, 11) is 0. The number of para-hydroxylation sites is 1. The van der Waals surface area contributed by atoms with E-state index < -0.39 is 5.82 Å². The standard InChI is InChI=1S/C16H20FNO4/c1-2-21-16(20)12-7-9-18(10-8-12)15(19)11-22-14-6-4-3-5-13(14)17/h3-6,12H,2,7-11H2,1H3. The van der Waals surface area contributed by atoms with Gasteiger partial charge in [0.05, 0.1) is 12.5 Å². The van der Waals surface area contributed by atoms with Crippen LogP contribution in [0.3, 0.4) is 0 Å². The Hall–Kier alpha value is -2.11. The van der Waals surface area contributed by atoms with Crippen molar-refractivity contribution < 1.29 is 23.5 Å². The first kappa shape index (κ1) is 16.3. The van der Waals surface area contributed by atoms with E-state index >= 15 is 0 Å². The summed E-state index contributed by atoms with van der Waals surface area (Å²) in [5.74, 6) is -0.965. The monoisotopic (exact) mass is 309 g/mol. The highest BCUT2D eigenvalue weighted by Crippen LogP contribution is 2.19. The molecule has 2 rings (SSSR count). The fraction of sp³-hybridized carbons (Fsp3) is 0.500. The Morgan fingerprint density at radius 2 is 1.95 bits per heavy atom. The van der Waals surface area contributed by atoms with Crippen molar-refractivity contribution in [3.05, 3.63) is 30.1 Å². The van der Waals surface area contributed by atoms with Crippen LogP contribution in [0.2, 0.25) is 0 Å². The Morgan fingerprint density at radius 3 is 2.59 bits per heavy atom. The lowest BCUT2D eigenvalue weighted by atomic mass is 9.97. The molecule has 0 spiro atoms. The summed E-state index contributed by atoms with van der Waals surface area (Å²) in [4.78, 5) is 25.3. The molecule has 0 atom stereocenters. The molecule has 0 unspecified atom stereocenters. The van der Waals surface area contributed by atoms with Crippen LogP contribution in [0.5, 0.6) is 5.75 Å². The second-order valence-electron chi connectivity index (χ2n) is 5.13. The minimum Gasteiger partial charge on any atom is -0.481 e. The first-order valence-corrected chi connectivity index (χ1v) is 7.43. The third-order valence-electron chi connectivity index (χ3n) is 3.66. The molecule has 0 saturated carbocycles. The predicted molar refractivity (Wildman–Crippen MR) is 77.8 cm³/mol. The zero-order valence-electron chi connectivity index (χ0n) is 12.6.